The van der Waals surface area contributed by atoms with Gasteiger partial charge in [-0.15, -0.1) is 0 Å². The molecule has 2 atom stereocenters. The fourth-order valence-electron chi connectivity index (χ4n) is 2.27. The van der Waals surface area contributed by atoms with Crippen molar-refractivity contribution in [2.75, 3.05) is 0 Å². The summed E-state index contributed by atoms with van der Waals surface area (Å²) >= 11 is 0. The van der Waals surface area contributed by atoms with Gasteiger partial charge in [-0.25, -0.2) is 0 Å². The van der Waals surface area contributed by atoms with E-state index in [-0.39, 0.29) is 0 Å². The van der Waals surface area contributed by atoms with Gasteiger partial charge in [-0.1, -0.05) is 41.5 Å². The quantitative estimate of drug-likeness (QED) is 0.502. The second kappa shape index (κ2) is 4.89. The van der Waals surface area contributed by atoms with Crippen molar-refractivity contribution < 1.29 is 0 Å². The van der Waals surface area contributed by atoms with Crippen LogP contribution in [0, 0.1) is 17.3 Å². The van der Waals surface area contributed by atoms with Crippen molar-refractivity contribution in [2.24, 2.45) is 17.3 Å². The van der Waals surface area contributed by atoms with Gasteiger partial charge >= 0.3 is 0 Å². The van der Waals surface area contributed by atoms with Gasteiger partial charge in [0.2, 0.25) is 0 Å². The highest BCUT2D eigenvalue weighted by molar-refractivity contribution is 5.02. The third-order valence-electron chi connectivity index (χ3n) is 3.09. The molecule has 2 aliphatic carbocycles. The Kier molecular flexibility index (Phi) is 4.89. The fraction of sp³-hybridized carbons (Fsp3) is 1.00. The van der Waals surface area contributed by atoms with Crippen LogP contribution in [0.2, 0.25) is 0 Å². The van der Waals surface area contributed by atoms with Gasteiger partial charge in [0, 0.05) is 0 Å². The van der Waals surface area contributed by atoms with Crippen LogP contribution in [0.5, 0.6) is 0 Å². The van der Waals surface area contributed by atoms with Gasteiger partial charge < -0.3 is 0 Å². The van der Waals surface area contributed by atoms with E-state index >= 15 is 0 Å². The van der Waals surface area contributed by atoms with Crippen LogP contribution in [0.4, 0.5) is 0 Å². The summed E-state index contributed by atoms with van der Waals surface area (Å²) in [4.78, 5) is 0. The van der Waals surface area contributed by atoms with Gasteiger partial charge in [-0.2, -0.15) is 0 Å². The predicted octanol–water partition coefficient (Wildman–Crippen LogP) is 4.49. The van der Waals surface area contributed by atoms with Crippen LogP contribution in [-0.2, 0) is 0 Å². The molecule has 12 heavy (non-hydrogen) atoms. The lowest BCUT2D eigenvalue weighted by Gasteiger charge is -2.18. The third kappa shape index (κ3) is 2.50. The molecule has 0 heterocycles. The van der Waals surface area contributed by atoms with Crippen LogP contribution < -0.4 is 0 Å². The van der Waals surface area contributed by atoms with Crippen LogP contribution in [0.25, 0.3) is 0 Å². The largest absolute Gasteiger partial charge is 0.0683 e. The molecular weight excluding hydrogens is 144 g/mol. The maximum absolute atomic E-state index is 2.42. The van der Waals surface area contributed by atoms with Crippen molar-refractivity contribution in [1.82, 2.24) is 0 Å². The molecule has 2 aliphatic rings. The van der Waals surface area contributed by atoms with Gasteiger partial charge in [0.15, 0.2) is 0 Å². The Balaban J connectivity index is 0.000000269. The molecule has 0 aromatic carbocycles. The van der Waals surface area contributed by atoms with E-state index < -0.39 is 0 Å². The van der Waals surface area contributed by atoms with E-state index in [2.05, 4.69) is 13.8 Å². The van der Waals surface area contributed by atoms with E-state index in [4.69, 9.17) is 0 Å². The number of hydrogen-bond donors (Lipinski definition) is 0. The summed E-state index contributed by atoms with van der Waals surface area (Å²) in [6.07, 6.45) is 4.56. The van der Waals surface area contributed by atoms with Crippen LogP contribution in [0.3, 0.4) is 0 Å². The topological polar surface area (TPSA) is 0 Å². The normalized spacial score (nSPS) is 33.5. The Morgan fingerprint density at radius 1 is 1.00 bits per heavy atom. The summed E-state index contributed by atoms with van der Waals surface area (Å²) in [6.45, 7) is 12.8. The highest BCUT2D eigenvalue weighted by atomic mass is 14.6. The Hall–Kier alpha value is 0. The summed E-state index contributed by atoms with van der Waals surface area (Å²) in [7, 11) is 0. The van der Waals surface area contributed by atoms with Crippen LogP contribution in [0.1, 0.15) is 60.8 Å². The van der Waals surface area contributed by atoms with E-state index in [0.29, 0.717) is 0 Å². The monoisotopic (exact) mass is 170 g/mol. The number of hydrogen-bond acceptors (Lipinski definition) is 0. The van der Waals surface area contributed by atoms with Crippen molar-refractivity contribution in [3.63, 3.8) is 0 Å². The van der Waals surface area contributed by atoms with Crippen molar-refractivity contribution >= 4 is 0 Å². The molecule has 2 saturated carbocycles. The van der Waals surface area contributed by atoms with Crippen LogP contribution >= 0.6 is 0 Å². The van der Waals surface area contributed by atoms with Gasteiger partial charge in [-0.3, -0.25) is 0 Å². The fourth-order valence-corrected chi connectivity index (χ4v) is 2.27. The first kappa shape index (κ1) is 12.0. The van der Waals surface area contributed by atoms with Gasteiger partial charge in [0.25, 0.3) is 0 Å². The molecule has 0 nitrogen and oxygen atoms in total. The summed E-state index contributed by atoms with van der Waals surface area (Å²) in [5, 5.41) is 0. The molecule has 0 saturated heterocycles. The molecule has 0 amide bonds. The Morgan fingerprint density at radius 2 is 1.50 bits per heavy atom. The molecule has 0 heteroatoms. The molecule has 0 spiro atoms. The van der Waals surface area contributed by atoms with E-state index in [0.717, 1.165) is 17.3 Å². The number of fused-ring (bicyclic) bond motifs is 1. The highest BCUT2D eigenvalue weighted by Gasteiger charge is 2.52. The van der Waals surface area contributed by atoms with Gasteiger partial charge in [0.05, 0.1) is 0 Å². The zero-order valence-electron chi connectivity index (χ0n) is 9.78. The minimum Gasteiger partial charge on any atom is -0.0683 e. The lowest BCUT2D eigenvalue weighted by molar-refractivity contribution is 0.325. The first-order chi connectivity index (χ1) is 5.70. The SMILES string of the molecule is CC.CC.CC1(C)CCC2CC21. The number of rotatable bonds is 0. The van der Waals surface area contributed by atoms with E-state index in [9.17, 15) is 0 Å². The molecule has 0 radical (unpaired) electrons. The van der Waals surface area contributed by atoms with Crippen molar-refractivity contribution in [1.29, 1.82) is 0 Å². The van der Waals surface area contributed by atoms with Crippen molar-refractivity contribution in [3.05, 3.63) is 0 Å². The molecule has 74 valence electrons. The van der Waals surface area contributed by atoms with Crippen LogP contribution in [-0.4, -0.2) is 0 Å². The van der Waals surface area contributed by atoms with Crippen molar-refractivity contribution in [2.45, 2.75) is 60.8 Å². The predicted molar refractivity (Wildman–Crippen MR) is 57.3 cm³/mol. The minimum atomic E-state index is 0.727. The third-order valence-corrected chi connectivity index (χ3v) is 3.09. The average Bonchev–Trinajstić information content (AvgIpc) is 2.83. The molecule has 2 rings (SSSR count). The molecular formula is C12H26. The summed E-state index contributed by atoms with van der Waals surface area (Å²) in [5.74, 6) is 2.28. The smallest absolute Gasteiger partial charge is 0.0323 e. The van der Waals surface area contributed by atoms with E-state index in [1.807, 2.05) is 27.7 Å². The molecule has 0 bridgehead atoms. The Labute approximate surface area is 78.8 Å². The summed E-state index contributed by atoms with van der Waals surface area (Å²) < 4.78 is 0. The minimum absolute atomic E-state index is 0.727. The molecule has 2 unspecified atom stereocenters. The second-order valence-corrected chi connectivity index (χ2v) is 4.13. The Morgan fingerprint density at radius 3 is 1.58 bits per heavy atom. The Bertz CT molecular complexity index is 113. The highest BCUT2D eigenvalue weighted by Crippen LogP contribution is 2.61. The van der Waals surface area contributed by atoms with E-state index in [1.165, 1.54) is 12.8 Å². The average molecular weight is 170 g/mol. The van der Waals surface area contributed by atoms with Gasteiger partial charge in [-0.05, 0) is 36.5 Å². The standard InChI is InChI=1S/C8H14.2C2H6/c1-8(2)4-3-6-5-7(6)8;2*1-2/h6-7H,3-5H2,1-2H3;2*1-2H3. The lowest BCUT2D eigenvalue weighted by atomic mass is 9.88. The molecule has 2 fully saturated rings. The zero-order chi connectivity index (χ0) is 9.78. The molecule has 0 aromatic heterocycles. The van der Waals surface area contributed by atoms with E-state index in [1.54, 1.807) is 6.42 Å². The summed E-state index contributed by atoms with van der Waals surface area (Å²) in [6, 6.07) is 0. The maximum atomic E-state index is 2.42. The molecule has 0 N–H and O–H groups in total. The second-order valence-electron chi connectivity index (χ2n) is 4.13. The molecule has 0 aliphatic heterocycles. The maximum Gasteiger partial charge on any atom is -0.0323 e. The van der Waals surface area contributed by atoms with Crippen LogP contribution in [0.15, 0.2) is 0 Å². The first-order valence-electron chi connectivity index (χ1n) is 5.70. The first-order valence-corrected chi connectivity index (χ1v) is 5.70. The van der Waals surface area contributed by atoms with Crippen molar-refractivity contribution in [3.8, 4) is 0 Å². The molecule has 0 aromatic rings. The van der Waals surface area contributed by atoms with Gasteiger partial charge in [0.1, 0.15) is 0 Å². The summed E-state index contributed by atoms with van der Waals surface area (Å²) in [5.41, 5.74) is 0.727. The lowest BCUT2D eigenvalue weighted by Crippen LogP contribution is -2.08. The zero-order valence-corrected chi connectivity index (χ0v) is 9.78.